The van der Waals surface area contributed by atoms with Gasteiger partial charge in [0.25, 0.3) is 0 Å². The summed E-state index contributed by atoms with van der Waals surface area (Å²) in [5, 5.41) is 0. The van der Waals surface area contributed by atoms with Crippen LogP contribution in [0.2, 0.25) is 0 Å². The van der Waals surface area contributed by atoms with E-state index in [1.165, 1.54) is 39.2 Å². The van der Waals surface area contributed by atoms with Crippen molar-refractivity contribution in [2.45, 2.75) is 20.3 Å². The quantitative estimate of drug-likeness (QED) is 0.571. The minimum absolute atomic E-state index is 0. The zero-order valence-electron chi connectivity index (χ0n) is 7.52. The molecular weight excluding hydrogens is 328 g/mol. The van der Waals surface area contributed by atoms with Crippen molar-refractivity contribution in [2.75, 3.05) is 0 Å². The Labute approximate surface area is 113 Å². The third-order valence-electron chi connectivity index (χ3n) is 1.71. The SMILES string of the molecule is Cc1[c-]c(C[CH-][Sn])c(C)cc1.[Y]. The maximum absolute atomic E-state index is 3.36. The Morgan fingerprint density at radius 3 is 2.67 bits per heavy atom. The molecule has 0 N–H and O–H groups in total. The maximum Gasteiger partial charge on any atom is 0 e. The van der Waals surface area contributed by atoms with Crippen LogP contribution in [0.5, 0.6) is 0 Å². The zero-order valence-corrected chi connectivity index (χ0v) is 13.2. The van der Waals surface area contributed by atoms with Gasteiger partial charge < -0.3 is 0 Å². The van der Waals surface area contributed by atoms with Gasteiger partial charge in [0.2, 0.25) is 0 Å². The van der Waals surface area contributed by atoms with Crippen LogP contribution in [0.4, 0.5) is 0 Å². The molecule has 2 heteroatoms. The van der Waals surface area contributed by atoms with Crippen LogP contribution in [0.1, 0.15) is 16.7 Å². The van der Waals surface area contributed by atoms with Crippen molar-refractivity contribution in [1.29, 1.82) is 0 Å². The zero-order chi connectivity index (χ0) is 8.27. The molecule has 0 aliphatic carbocycles. The fourth-order valence-corrected chi connectivity index (χ4v) is 1.63. The van der Waals surface area contributed by atoms with Crippen LogP contribution in [0.15, 0.2) is 12.1 Å². The van der Waals surface area contributed by atoms with E-state index in [-0.39, 0.29) is 32.7 Å². The van der Waals surface area contributed by atoms with E-state index >= 15 is 0 Å². The fourth-order valence-electron chi connectivity index (χ4n) is 1.04. The summed E-state index contributed by atoms with van der Waals surface area (Å²) in [5.74, 6) is 0. The standard InChI is InChI=1S/C10H11.Sn.Y/c1-4-10-7-8(2)5-6-9(10)3;;/h1,5-6H,4H2,2-3H3;;/q-2;;. The summed E-state index contributed by atoms with van der Waals surface area (Å²) in [5.41, 5.74) is 3.94. The largest absolute Gasteiger partial charge is 0 e. The molecule has 0 unspecified atom stereocenters. The van der Waals surface area contributed by atoms with E-state index in [1.54, 1.807) is 0 Å². The molecule has 0 amide bonds. The molecule has 1 aromatic rings. The van der Waals surface area contributed by atoms with Crippen LogP contribution in [-0.4, -0.2) is 22.5 Å². The average Bonchev–Trinajstić information content (AvgIpc) is 1.98. The molecule has 12 heavy (non-hydrogen) atoms. The predicted octanol–water partition coefficient (Wildman–Crippen LogP) is 1.97. The number of benzene rings is 1. The summed E-state index contributed by atoms with van der Waals surface area (Å²) >= 11 is 1.49. The minimum atomic E-state index is 0. The Kier molecular flexibility index (Phi) is 7.17. The van der Waals surface area contributed by atoms with Crippen molar-refractivity contribution in [2.24, 2.45) is 0 Å². The van der Waals surface area contributed by atoms with Gasteiger partial charge in [-0.05, 0) is 0 Å². The van der Waals surface area contributed by atoms with Crippen LogP contribution >= 0.6 is 0 Å². The Morgan fingerprint density at radius 2 is 2.08 bits per heavy atom. The number of hydrogen-bond donors (Lipinski definition) is 0. The molecule has 0 fully saturated rings. The topological polar surface area (TPSA) is 0 Å². The molecular formula is C10H11SnY-2. The normalized spacial score (nSPS) is 9.25. The third kappa shape index (κ3) is 3.89. The monoisotopic (exact) mass is 340 g/mol. The summed E-state index contributed by atoms with van der Waals surface area (Å²) in [7, 11) is 0. The third-order valence-corrected chi connectivity index (χ3v) is 2.30. The van der Waals surface area contributed by atoms with Gasteiger partial charge in [0.15, 0.2) is 0 Å². The molecule has 1 rings (SSSR count). The maximum atomic E-state index is 3.36. The Bertz CT molecular complexity index is 246. The molecule has 0 aromatic heterocycles. The van der Waals surface area contributed by atoms with Gasteiger partial charge in [0, 0.05) is 32.7 Å². The Balaban J connectivity index is 0.00000121. The van der Waals surface area contributed by atoms with Gasteiger partial charge in [-0.1, -0.05) is 0 Å². The average molecular weight is 339 g/mol. The van der Waals surface area contributed by atoms with E-state index in [0.717, 1.165) is 6.42 Å². The predicted molar refractivity (Wildman–Crippen MR) is 48.5 cm³/mol. The van der Waals surface area contributed by atoms with Gasteiger partial charge >= 0.3 is 82.1 Å². The molecule has 0 nitrogen and oxygen atoms in total. The first-order chi connectivity index (χ1) is 5.24. The molecule has 1 aromatic carbocycles. The van der Waals surface area contributed by atoms with Crippen LogP contribution < -0.4 is 0 Å². The number of aryl methyl sites for hydroxylation is 2. The summed E-state index contributed by atoms with van der Waals surface area (Å²) in [6, 6.07) is 7.64. The molecule has 0 bridgehead atoms. The van der Waals surface area contributed by atoms with E-state index < -0.39 is 0 Å². The second-order valence-corrected chi connectivity index (χ2v) is 3.88. The first kappa shape index (κ1) is 13.1. The molecule has 0 heterocycles. The molecule has 0 atom stereocenters. The smallest absolute Gasteiger partial charge is 0 e. The summed E-state index contributed by atoms with van der Waals surface area (Å²) < 4.78 is 2.25. The first-order valence-electron chi connectivity index (χ1n) is 3.71. The van der Waals surface area contributed by atoms with Gasteiger partial charge in [-0.25, -0.2) is 0 Å². The van der Waals surface area contributed by atoms with E-state index in [2.05, 4.69) is 36.5 Å². The molecule has 0 spiro atoms. The van der Waals surface area contributed by atoms with Crippen molar-refractivity contribution in [3.63, 3.8) is 0 Å². The van der Waals surface area contributed by atoms with Crippen LogP contribution in [-0.2, 0) is 39.1 Å². The van der Waals surface area contributed by atoms with Gasteiger partial charge in [-0.15, -0.1) is 0 Å². The second-order valence-electron chi connectivity index (χ2n) is 2.71. The van der Waals surface area contributed by atoms with Crippen molar-refractivity contribution in [3.8, 4) is 0 Å². The van der Waals surface area contributed by atoms with E-state index in [9.17, 15) is 0 Å². The van der Waals surface area contributed by atoms with E-state index in [4.69, 9.17) is 0 Å². The van der Waals surface area contributed by atoms with Crippen LogP contribution in [0, 0.1) is 24.4 Å². The van der Waals surface area contributed by atoms with Crippen LogP contribution in [0.3, 0.4) is 0 Å². The van der Waals surface area contributed by atoms with Crippen molar-refractivity contribution in [1.82, 2.24) is 0 Å². The van der Waals surface area contributed by atoms with Gasteiger partial charge in [0.05, 0.1) is 0 Å². The van der Waals surface area contributed by atoms with Gasteiger partial charge in [-0.2, -0.15) is 0 Å². The number of rotatable bonds is 2. The molecule has 0 aliphatic rings. The van der Waals surface area contributed by atoms with E-state index in [0.29, 0.717) is 0 Å². The Morgan fingerprint density at radius 1 is 1.42 bits per heavy atom. The molecule has 0 aliphatic heterocycles. The van der Waals surface area contributed by atoms with Crippen molar-refractivity contribution in [3.05, 3.63) is 39.3 Å². The summed E-state index contributed by atoms with van der Waals surface area (Å²) in [6.07, 6.45) is 1.08. The molecule has 4 radical (unpaired) electrons. The van der Waals surface area contributed by atoms with Crippen LogP contribution in [0.25, 0.3) is 0 Å². The van der Waals surface area contributed by atoms with E-state index in [1.807, 2.05) is 0 Å². The molecule has 0 saturated heterocycles. The first-order valence-corrected chi connectivity index (χ1v) is 5.36. The van der Waals surface area contributed by atoms with Crippen molar-refractivity contribution >= 4 is 22.5 Å². The second kappa shape index (κ2) is 6.56. The summed E-state index contributed by atoms with van der Waals surface area (Å²) in [4.78, 5) is 0. The minimum Gasteiger partial charge on any atom is 0 e. The van der Waals surface area contributed by atoms with Gasteiger partial charge in [-0.3, -0.25) is 0 Å². The van der Waals surface area contributed by atoms with Gasteiger partial charge in [0.1, 0.15) is 0 Å². The Hall–Kier alpha value is 1.12. The fraction of sp³-hybridized carbons (Fsp3) is 0.300. The molecule has 0 saturated carbocycles. The number of hydrogen-bond acceptors (Lipinski definition) is 0. The molecule has 60 valence electrons. The van der Waals surface area contributed by atoms with Crippen molar-refractivity contribution < 1.29 is 32.7 Å². The summed E-state index contributed by atoms with van der Waals surface area (Å²) in [6.45, 7) is 4.23.